The van der Waals surface area contributed by atoms with Gasteiger partial charge in [-0.2, -0.15) is 0 Å². The van der Waals surface area contributed by atoms with E-state index in [2.05, 4.69) is 10.3 Å². The Morgan fingerprint density at radius 2 is 2.50 bits per heavy atom. The van der Waals surface area contributed by atoms with E-state index in [-0.39, 0.29) is 12.1 Å². The Morgan fingerprint density at radius 1 is 1.64 bits per heavy atom. The zero-order chi connectivity index (χ0) is 9.97. The molecule has 2 rings (SSSR count). The van der Waals surface area contributed by atoms with E-state index in [9.17, 15) is 5.11 Å². The minimum absolute atomic E-state index is 0.0404. The molecule has 1 saturated heterocycles. The number of rotatable bonds is 3. The molecular weight excluding hydrogens is 186 g/mol. The molecule has 78 valence electrons. The van der Waals surface area contributed by atoms with E-state index >= 15 is 0 Å². The maximum absolute atomic E-state index is 9.41. The van der Waals surface area contributed by atoms with Gasteiger partial charge in [-0.05, 0) is 0 Å². The van der Waals surface area contributed by atoms with E-state index in [0.29, 0.717) is 25.5 Å². The maximum Gasteiger partial charge on any atom is 0.292 e. The summed E-state index contributed by atoms with van der Waals surface area (Å²) in [5.74, 6) is 0.654. The van der Waals surface area contributed by atoms with Gasteiger partial charge in [-0.25, -0.2) is 4.98 Å². The van der Waals surface area contributed by atoms with Crippen LogP contribution in [0.25, 0.3) is 0 Å². The first-order valence-corrected chi connectivity index (χ1v) is 4.45. The number of hydrogen-bond donors (Lipinski definition) is 3. The summed E-state index contributed by atoms with van der Waals surface area (Å²) in [7, 11) is 0. The largest absolute Gasteiger partial charge is 0.428 e. The van der Waals surface area contributed by atoms with Crippen molar-refractivity contribution in [2.24, 2.45) is 0 Å². The van der Waals surface area contributed by atoms with Crippen LogP contribution in [0.4, 0.5) is 6.01 Å². The van der Waals surface area contributed by atoms with Crippen LogP contribution in [-0.4, -0.2) is 35.5 Å². The molecule has 0 saturated carbocycles. The smallest absolute Gasteiger partial charge is 0.292 e. The van der Waals surface area contributed by atoms with Crippen LogP contribution in [0.3, 0.4) is 0 Å². The van der Waals surface area contributed by atoms with Crippen molar-refractivity contribution in [1.29, 1.82) is 0 Å². The average Bonchev–Trinajstić information content (AvgIpc) is 2.72. The Balaban J connectivity index is 1.82. The van der Waals surface area contributed by atoms with Crippen LogP contribution in [0.1, 0.15) is 5.76 Å². The highest BCUT2D eigenvalue weighted by molar-refractivity contribution is 5.10. The van der Waals surface area contributed by atoms with Gasteiger partial charge in [-0.3, -0.25) is 0 Å². The molecule has 0 bridgehead atoms. The van der Waals surface area contributed by atoms with Crippen molar-refractivity contribution in [2.45, 2.75) is 18.7 Å². The molecule has 0 spiro atoms. The van der Waals surface area contributed by atoms with Crippen molar-refractivity contribution < 1.29 is 14.3 Å². The number of aliphatic hydroxyl groups excluding tert-OH is 1. The van der Waals surface area contributed by atoms with Crippen LogP contribution >= 0.6 is 0 Å². The van der Waals surface area contributed by atoms with Gasteiger partial charge < -0.3 is 25.3 Å². The molecule has 0 radical (unpaired) electrons. The molecule has 1 aromatic heterocycles. The monoisotopic (exact) mass is 199 g/mol. The van der Waals surface area contributed by atoms with Gasteiger partial charge in [0.15, 0.2) is 0 Å². The number of hydrogen-bond acceptors (Lipinski definition) is 6. The van der Waals surface area contributed by atoms with Crippen LogP contribution in [0.2, 0.25) is 0 Å². The van der Waals surface area contributed by atoms with Crippen LogP contribution < -0.4 is 11.1 Å². The fraction of sp³-hybridized carbons (Fsp3) is 0.625. The van der Waals surface area contributed by atoms with Crippen molar-refractivity contribution in [3.63, 3.8) is 0 Å². The summed E-state index contributed by atoms with van der Waals surface area (Å²) >= 11 is 0. The maximum atomic E-state index is 9.41. The number of ether oxygens (including phenoxy) is 1. The Hall–Kier alpha value is -1.11. The lowest BCUT2D eigenvalue weighted by Gasteiger charge is -2.12. The number of nitrogens with one attached hydrogen (secondary N) is 1. The standard InChI is InChI=1S/C8H13N3O3/c9-8-11-2-5(14-8)1-10-6-3-13-4-7(6)12/h2,6-7,10,12H,1,3-4H2,(H2,9,11). The molecule has 0 aliphatic carbocycles. The molecule has 1 aliphatic heterocycles. The molecule has 2 atom stereocenters. The minimum Gasteiger partial charge on any atom is -0.428 e. The first kappa shape index (κ1) is 9.45. The predicted molar refractivity (Wildman–Crippen MR) is 48.4 cm³/mol. The Labute approximate surface area is 81.1 Å². The average molecular weight is 199 g/mol. The lowest BCUT2D eigenvalue weighted by atomic mass is 10.2. The van der Waals surface area contributed by atoms with Gasteiger partial charge in [0.2, 0.25) is 0 Å². The predicted octanol–water partition coefficient (Wildman–Crippen LogP) is -0.894. The number of nitrogens with zero attached hydrogens (tertiary/aromatic N) is 1. The summed E-state index contributed by atoms with van der Waals surface area (Å²) in [6.45, 7) is 1.40. The molecule has 6 heteroatoms. The third-order valence-electron chi connectivity index (χ3n) is 2.16. The summed E-state index contributed by atoms with van der Waals surface area (Å²) in [5, 5.41) is 12.5. The zero-order valence-electron chi connectivity index (χ0n) is 7.64. The number of aromatic nitrogens is 1. The van der Waals surface area contributed by atoms with Gasteiger partial charge in [-0.15, -0.1) is 0 Å². The molecule has 14 heavy (non-hydrogen) atoms. The fourth-order valence-corrected chi connectivity index (χ4v) is 1.37. The number of aliphatic hydroxyl groups is 1. The number of oxazole rings is 1. The molecule has 2 unspecified atom stereocenters. The van der Waals surface area contributed by atoms with Crippen molar-refractivity contribution in [3.8, 4) is 0 Å². The summed E-state index contributed by atoms with van der Waals surface area (Å²) in [6, 6.07) is 0.117. The van der Waals surface area contributed by atoms with Gasteiger partial charge in [0.05, 0.1) is 38.1 Å². The topological polar surface area (TPSA) is 93.5 Å². The third kappa shape index (κ3) is 2.03. The molecule has 4 N–H and O–H groups in total. The number of nitrogens with two attached hydrogens (primary N) is 1. The molecule has 1 aromatic rings. The van der Waals surface area contributed by atoms with E-state index in [0.717, 1.165) is 0 Å². The quantitative estimate of drug-likeness (QED) is 0.584. The second-order valence-electron chi connectivity index (χ2n) is 3.26. The number of nitrogen functional groups attached to an aromatic ring is 1. The van der Waals surface area contributed by atoms with Gasteiger partial charge in [0, 0.05) is 0 Å². The van der Waals surface area contributed by atoms with Crippen molar-refractivity contribution >= 4 is 6.01 Å². The van der Waals surface area contributed by atoms with E-state index in [1.165, 1.54) is 0 Å². The summed E-state index contributed by atoms with van der Waals surface area (Å²) in [4.78, 5) is 3.76. The van der Waals surface area contributed by atoms with E-state index in [4.69, 9.17) is 14.9 Å². The number of anilines is 1. The normalized spacial score (nSPS) is 26.9. The summed E-state index contributed by atoms with van der Waals surface area (Å²) < 4.78 is 10.1. The van der Waals surface area contributed by atoms with Crippen LogP contribution in [0.15, 0.2) is 10.6 Å². The summed E-state index contributed by atoms with van der Waals surface area (Å²) in [6.07, 6.45) is 1.11. The van der Waals surface area contributed by atoms with Crippen molar-refractivity contribution in [3.05, 3.63) is 12.0 Å². The first-order chi connectivity index (χ1) is 6.75. The molecule has 2 heterocycles. The Morgan fingerprint density at radius 3 is 3.07 bits per heavy atom. The third-order valence-corrected chi connectivity index (χ3v) is 2.16. The minimum atomic E-state index is -0.449. The van der Waals surface area contributed by atoms with Crippen molar-refractivity contribution in [1.82, 2.24) is 10.3 Å². The van der Waals surface area contributed by atoms with Gasteiger partial charge >= 0.3 is 0 Å². The second kappa shape index (κ2) is 3.95. The highest BCUT2D eigenvalue weighted by Gasteiger charge is 2.25. The molecule has 0 aromatic carbocycles. The molecular formula is C8H13N3O3. The lowest BCUT2D eigenvalue weighted by molar-refractivity contribution is 0.122. The van der Waals surface area contributed by atoms with E-state index in [1.54, 1.807) is 6.20 Å². The fourth-order valence-electron chi connectivity index (χ4n) is 1.37. The molecule has 1 fully saturated rings. The molecule has 6 nitrogen and oxygen atoms in total. The lowest BCUT2D eigenvalue weighted by Crippen LogP contribution is -2.38. The SMILES string of the molecule is Nc1ncc(CNC2COCC2O)o1. The van der Waals surface area contributed by atoms with Gasteiger partial charge in [-0.1, -0.05) is 0 Å². The molecule has 1 aliphatic rings. The highest BCUT2D eigenvalue weighted by Crippen LogP contribution is 2.08. The van der Waals surface area contributed by atoms with Gasteiger partial charge in [0.1, 0.15) is 5.76 Å². The second-order valence-corrected chi connectivity index (χ2v) is 3.26. The van der Waals surface area contributed by atoms with Crippen LogP contribution in [0.5, 0.6) is 0 Å². The Bertz CT molecular complexity index is 302. The van der Waals surface area contributed by atoms with E-state index in [1.807, 2.05) is 0 Å². The molecule has 0 amide bonds. The van der Waals surface area contributed by atoms with Crippen molar-refractivity contribution in [2.75, 3.05) is 18.9 Å². The van der Waals surface area contributed by atoms with Gasteiger partial charge in [0.25, 0.3) is 6.01 Å². The zero-order valence-corrected chi connectivity index (χ0v) is 7.64. The highest BCUT2D eigenvalue weighted by atomic mass is 16.5. The first-order valence-electron chi connectivity index (χ1n) is 4.45. The van der Waals surface area contributed by atoms with Crippen LogP contribution in [-0.2, 0) is 11.3 Å². The van der Waals surface area contributed by atoms with Crippen LogP contribution in [0, 0.1) is 0 Å². The summed E-state index contributed by atoms with van der Waals surface area (Å²) in [5.41, 5.74) is 5.31. The Kier molecular flexibility index (Phi) is 2.67. The van der Waals surface area contributed by atoms with E-state index < -0.39 is 6.10 Å².